The summed E-state index contributed by atoms with van der Waals surface area (Å²) in [4.78, 5) is 1.53. The van der Waals surface area contributed by atoms with E-state index in [0.717, 1.165) is 5.56 Å². The third kappa shape index (κ3) is 3.83. The van der Waals surface area contributed by atoms with Crippen LogP contribution < -0.4 is 0 Å². The number of nitriles is 1. The van der Waals surface area contributed by atoms with Gasteiger partial charge in [-0.15, -0.1) is 4.40 Å². The molecule has 7 nitrogen and oxygen atoms in total. The molecule has 0 radical (unpaired) electrons. The summed E-state index contributed by atoms with van der Waals surface area (Å²) in [5.41, 5.74) is 1.83. The third-order valence-electron chi connectivity index (χ3n) is 3.77. The highest BCUT2D eigenvalue weighted by Gasteiger charge is 2.24. The molecular weight excluding hydrogens is 442 g/mol. The first-order valence-corrected chi connectivity index (χ1v) is 10.4. The SMILES string of the molecule is CN(C)C=NS(=O)(=O)c1ccccc1-n1nc(C#N)c(Br)c1-c1ccccc1. The minimum atomic E-state index is -3.97. The number of hydrogen-bond donors (Lipinski definition) is 0. The number of para-hydroxylation sites is 1. The van der Waals surface area contributed by atoms with Crippen LogP contribution in [-0.4, -0.2) is 43.5 Å². The Morgan fingerprint density at radius 1 is 1.14 bits per heavy atom. The summed E-state index contributed by atoms with van der Waals surface area (Å²) in [5, 5.41) is 13.7. The standard InChI is InChI=1S/C19H16BrN5O2S/c1-24(2)13-22-28(26,27)17-11-7-6-10-16(17)25-19(14-8-4-3-5-9-14)18(20)15(12-21)23-25/h3-11,13H,1-2H3. The molecule has 142 valence electrons. The zero-order valence-corrected chi connectivity index (χ0v) is 17.5. The van der Waals surface area contributed by atoms with Crippen LogP contribution >= 0.6 is 15.9 Å². The van der Waals surface area contributed by atoms with E-state index in [0.29, 0.717) is 15.9 Å². The number of sulfonamides is 1. The smallest absolute Gasteiger partial charge is 0.285 e. The molecule has 28 heavy (non-hydrogen) atoms. The van der Waals surface area contributed by atoms with Crippen molar-refractivity contribution in [3.8, 4) is 23.0 Å². The van der Waals surface area contributed by atoms with Crippen LogP contribution in [0.15, 0.2) is 68.4 Å². The molecule has 0 saturated carbocycles. The van der Waals surface area contributed by atoms with Crippen LogP contribution in [0.2, 0.25) is 0 Å². The number of hydrogen-bond acceptors (Lipinski definition) is 4. The fourth-order valence-corrected chi connectivity index (χ4v) is 4.21. The average molecular weight is 458 g/mol. The van der Waals surface area contributed by atoms with Crippen molar-refractivity contribution in [3.05, 3.63) is 64.8 Å². The van der Waals surface area contributed by atoms with Crippen LogP contribution in [0, 0.1) is 11.3 Å². The van der Waals surface area contributed by atoms with E-state index in [9.17, 15) is 13.7 Å². The maximum Gasteiger partial charge on any atom is 0.285 e. The van der Waals surface area contributed by atoms with Gasteiger partial charge in [-0.05, 0) is 28.1 Å². The van der Waals surface area contributed by atoms with Gasteiger partial charge in [0.15, 0.2) is 5.69 Å². The molecule has 1 aromatic heterocycles. The van der Waals surface area contributed by atoms with Crippen molar-refractivity contribution in [2.24, 2.45) is 4.40 Å². The largest absolute Gasteiger partial charge is 0.368 e. The average Bonchev–Trinajstić information content (AvgIpc) is 3.03. The van der Waals surface area contributed by atoms with Gasteiger partial charge in [-0.2, -0.15) is 18.8 Å². The quantitative estimate of drug-likeness (QED) is 0.432. The van der Waals surface area contributed by atoms with Gasteiger partial charge >= 0.3 is 0 Å². The molecule has 0 spiro atoms. The van der Waals surface area contributed by atoms with E-state index in [4.69, 9.17) is 0 Å². The van der Waals surface area contributed by atoms with Crippen molar-refractivity contribution in [2.75, 3.05) is 14.1 Å². The second-order valence-corrected chi connectivity index (χ2v) is 8.42. The molecule has 3 rings (SSSR count). The fourth-order valence-electron chi connectivity index (χ4n) is 2.55. The highest BCUT2D eigenvalue weighted by atomic mass is 79.9. The van der Waals surface area contributed by atoms with Crippen LogP contribution in [0.3, 0.4) is 0 Å². The highest BCUT2D eigenvalue weighted by molar-refractivity contribution is 9.10. The first-order chi connectivity index (χ1) is 13.3. The van der Waals surface area contributed by atoms with E-state index < -0.39 is 10.0 Å². The minimum absolute atomic E-state index is 0.00947. The van der Waals surface area contributed by atoms with E-state index in [2.05, 4.69) is 25.4 Å². The molecule has 0 N–H and O–H groups in total. The zero-order chi connectivity index (χ0) is 20.3. The molecule has 0 amide bonds. The van der Waals surface area contributed by atoms with E-state index in [1.807, 2.05) is 36.4 Å². The van der Waals surface area contributed by atoms with E-state index in [1.54, 1.807) is 32.3 Å². The van der Waals surface area contributed by atoms with Crippen LogP contribution in [0.5, 0.6) is 0 Å². The molecule has 0 bridgehead atoms. The van der Waals surface area contributed by atoms with Crippen molar-refractivity contribution >= 4 is 32.3 Å². The molecule has 0 unspecified atom stereocenters. The molecule has 3 aromatic rings. The second-order valence-electron chi connectivity index (χ2n) is 6.03. The Labute approximate surface area is 171 Å². The lowest BCUT2D eigenvalue weighted by Gasteiger charge is -2.12. The molecule has 2 aromatic carbocycles. The Hall–Kier alpha value is -2.96. The predicted molar refractivity (Wildman–Crippen MR) is 111 cm³/mol. The summed E-state index contributed by atoms with van der Waals surface area (Å²) in [6.45, 7) is 0. The Balaban J connectivity index is 2.29. The summed E-state index contributed by atoms with van der Waals surface area (Å²) in [6.07, 6.45) is 1.23. The summed E-state index contributed by atoms with van der Waals surface area (Å²) in [7, 11) is -0.609. The van der Waals surface area contributed by atoms with Crippen molar-refractivity contribution in [1.82, 2.24) is 14.7 Å². The van der Waals surface area contributed by atoms with Crippen LogP contribution in [0.25, 0.3) is 16.9 Å². The molecule has 1 heterocycles. The van der Waals surface area contributed by atoms with Crippen LogP contribution in [0.4, 0.5) is 0 Å². The predicted octanol–water partition coefficient (Wildman–Crippen LogP) is 3.45. The molecule has 0 aliphatic carbocycles. The normalized spacial score (nSPS) is 11.5. The number of rotatable bonds is 5. The summed E-state index contributed by atoms with van der Waals surface area (Å²) in [6, 6.07) is 17.8. The first-order valence-electron chi connectivity index (χ1n) is 8.15. The molecule has 0 fully saturated rings. The number of aromatic nitrogens is 2. The topological polar surface area (TPSA) is 91.3 Å². The molecule has 0 atom stereocenters. The fraction of sp³-hybridized carbons (Fsp3) is 0.105. The summed E-state index contributed by atoms with van der Waals surface area (Å²) >= 11 is 3.43. The molecule has 0 aliphatic heterocycles. The van der Waals surface area contributed by atoms with Gasteiger partial charge in [0.05, 0.1) is 15.9 Å². The van der Waals surface area contributed by atoms with Gasteiger partial charge < -0.3 is 4.90 Å². The molecule has 0 saturated heterocycles. The van der Waals surface area contributed by atoms with Gasteiger partial charge in [0.2, 0.25) is 0 Å². The lowest BCUT2D eigenvalue weighted by Crippen LogP contribution is -2.12. The zero-order valence-electron chi connectivity index (χ0n) is 15.1. The third-order valence-corrected chi connectivity index (χ3v) is 5.79. The van der Waals surface area contributed by atoms with E-state index in [1.165, 1.54) is 22.0 Å². The van der Waals surface area contributed by atoms with Gasteiger partial charge in [-0.1, -0.05) is 42.5 Å². The van der Waals surface area contributed by atoms with E-state index >= 15 is 0 Å². The molecule has 9 heteroatoms. The monoisotopic (exact) mass is 457 g/mol. The lowest BCUT2D eigenvalue weighted by atomic mass is 10.1. The minimum Gasteiger partial charge on any atom is -0.368 e. The maximum atomic E-state index is 12.8. The van der Waals surface area contributed by atoms with Gasteiger partial charge in [0, 0.05) is 19.7 Å². The number of nitrogens with zero attached hydrogens (tertiary/aromatic N) is 5. The van der Waals surface area contributed by atoms with Gasteiger partial charge in [0.1, 0.15) is 17.3 Å². The first kappa shape index (κ1) is 19.8. The Morgan fingerprint density at radius 3 is 2.43 bits per heavy atom. The molecule has 0 aliphatic rings. The van der Waals surface area contributed by atoms with Crippen molar-refractivity contribution < 1.29 is 8.42 Å². The highest BCUT2D eigenvalue weighted by Crippen LogP contribution is 2.34. The van der Waals surface area contributed by atoms with Gasteiger partial charge in [0.25, 0.3) is 10.0 Å². The van der Waals surface area contributed by atoms with Crippen LogP contribution in [-0.2, 0) is 10.0 Å². The molecular formula is C19H16BrN5O2S. The van der Waals surface area contributed by atoms with Crippen LogP contribution in [0.1, 0.15) is 5.69 Å². The second kappa shape index (κ2) is 7.96. The lowest BCUT2D eigenvalue weighted by molar-refractivity contribution is 0.593. The van der Waals surface area contributed by atoms with Crippen molar-refractivity contribution in [3.63, 3.8) is 0 Å². The number of benzene rings is 2. The van der Waals surface area contributed by atoms with Gasteiger partial charge in [-0.25, -0.2) is 4.68 Å². The van der Waals surface area contributed by atoms with Gasteiger partial charge in [-0.3, -0.25) is 0 Å². The summed E-state index contributed by atoms with van der Waals surface area (Å²) < 4.78 is 31.3. The van der Waals surface area contributed by atoms with Crippen molar-refractivity contribution in [1.29, 1.82) is 5.26 Å². The van der Waals surface area contributed by atoms with Crippen molar-refractivity contribution in [2.45, 2.75) is 4.90 Å². The maximum absolute atomic E-state index is 12.8. The summed E-state index contributed by atoms with van der Waals surface area (Å²) in [5.74, 6) is 0. The Bertz CT molecular complexity index is 1180. The Kier molecular flexibility index (Phi) is 5.63. The number of halogens is 1. The Morgan fingerprint density at radius 2 is 1.79 bits per heavy atom. The van der Waals surface area contributed by atoms with E-state index in [-0.39, 0.29) is 10.6 Å².